The highest BCUT2D eigenvalue weighted by atomic mass is 19.1. The number of anilines is 1. The van der Waals surface area contributed by atoms with E-state index in [1.165, 1.54) is 24.0 Å². The van der Waals surface area contributed by atoms with E-state index >= 15 is 0 Å². The molecule has 18 heavy (non-hydrogen) atoms. The molecular formula is C12H12FN3O2. The van der Waals surface area contributed by atoms with Crippen molar-refractivity contribution < 1.29 is 14.3 Å². The Morgan fingerprint density at radius 1 is 1.50 bits per heavy atom. The molecule has 0 radical (unpaired) electrons. The van der Waals surface area contributed by atoms with Gasteiger partial charge in [0.05, 0.1) is 11.9 Å². The van der Waals surface area contributed by atoms with Gasteiger partial charge in [0.2, 0.25) is 0 Å². The minimum Gasteiger partial charge on any atom is -0.476 e. The molecule has 0 aliphatic carbocycles. The third-order valence-corrected chi connectivity index (χ3v) is 2.57. The summed E-state index contributed by atoms with van der Waals surface area (Å²) in [6.07, 6.45) is 1.41. The molecule has 2 N–H and O–H groups in total. The van der Waals surface area contributed by atoms with E-state index in [0.717, 1.165) is 0 Å². The lowest BCUT2D eigenvalue weighted by Gasteiger charge is -2.06. The Hall–Kier alpha value is -2.37. The van der Waals surface area contributed by atoms with Gasteiger partial charge in [0.1, 0.15) is 5.82 Å². The summed E-state index contributed by atoms with van der Waals surface area (Å²) in [6.45, 7) is 0.207. The lowest BCUT2D eigenvalue weighted by Crippen LogP contribution is -2.10. The van der Waals surface area contributed by atoms with E-state index < -0.39 is 5.97 Å². The van der Waals surface area contributed by atoms with E-state index in [0.29, 0.717) is 11.3 Å². The average molecular weight is 249 g/mol. The van der Waals surface area contributed by atoms with E-state index in [9.17, 15) is 9.18 Å². The fourth-order valence-electron chi connectivity index (χ4n) is 1.65. The lowest BCUT2D eigenvalue weighted by atomic mass is 10.2. The normalized spacial score (nSPS) is 10.3. The Morgan fingerprint density at radius 3 is 2.89 bits per heavy atom. The van der Waals surface area contributed by atoms with Gasteiger partial charge < -0.3 is 10.4 Å². The van der Waals surface area contributed by atoms with Gasteiger partial charge in [0.25, 0.3) is 0 Å². The summed E-state index contributed by atoms with van der Waals surface area (Å²) in [5.41, 5.74) is 0.886. The average Bonchev–Trinajstić information content (AvgIpc) is 2.69. The number of nitrogens with one attached hydrogen (secondary N) is 1. The van der Waals surface area contributed by atoms with E-state index in [2.05, 4.69) is 10.4 Å². The highest BCUT2D eigenvalue weighted by Gasteiger charge is 2.15. The Morgan fingerprint density at radius 2 is 2.22 bits per heavy atom. The number of nitrogens with zero attached hydrogens (tertiary/aromatic N) is 2. The molecule has 0 fully saturated rings. The highest BCUT2D eigenvalue weighted by molar-refractivity contribution is 5.92. The zero-order chi connectivity index (χ0) is 13.1. The second kappa shape index (κ2) is 4.87. The third-order valence-electron chi connectivity index (χ3n) is 2.57. The van der Waals surface area contributed by atoms with Crippen molar-refractivity contribution >= 4 is 11.7 Å². The van der Waals surface area contributed by atoms with Crippen molar-refractivity contribution in [1.82, 2.24) is 9.78 Å². The number of carboxylic acids is 1. The second-order valence-corrected chi connectivity index (χ2v) is 3.78. The van der Waals surface area contributed by atoms with Gasteiger partial charge in [-0.2, -0.15) is 5.10 Å². The lowest BCUT2D eigenvalue weighted by molar-refractivity contribution is 0.0686. The summed E-state index contributed by atoms with van der Waals surface area (Å²) in [4.78, 5) is 11.0. The van der Waals surface area contributed by atoms with Gasteiger partial charge in [-0.05, 0) is 6.07 Å². The van der Waals surface area contributed by atoms with Crippen LogP contribution in [0.3, 0.4) is 0 Å². The van der Waals surface area contributed by atoms with Gasteiger partial charge in [-0.25, -0.2) is 9.18 Å². The molecule has 0 saturated carbocycles. The molecule has 0 aliphatic rings. The maximum absolute atomic E-state index is 13.4. The van der Waals surface area contributed by atoms with Crippen LogP contribution in [0.25, 0.3) is 0 Å². The molecule has 94 valence electrons. The Kier molecular flexibility index (Phi) is 3.27. The standard InChI is InChI=1S/C12H12FN3O2/c1-16-11(12(17)18)10(7-15-16)14-6-8-4-2-3-5-9(8)13/h2-5,7,14H,6H2,1H3,(H,17,18). The molecular weight excluding hydrogens is 237 g/mol. The summed E-state index contributed by atoms with van der Waals surface area (Å²) >= 11 is 0. The van der Waals surface area contributed by atoms with Crippen LogP contribution in [0.15, 0.2) is 30.5 Å². The van der Waals surface area contributed by atoms with Crippen LogP contribution in [0, 0.1) is 5.82 Å². The van der Waals surface area contributed by atoms with Gasteiger partial charge in [0, 0.05) is 19.2 Å². The molecule has 0 atom stereocenters. The number of aromatic nitrogens is 2. The van der Waals surface area contributed by atoms with Gasteiger partial charge in [-0.15, -0.1) is 0 Å². The molecule has 6 heteroatoms. The summed E-state index contributed by atoms with van der Waals surface area (Å²) < 4.78 is 14.6. The molecule has 0 aliphatic heterocycles. The van der Waals surface area contributed by atoms with Crippen LogP contribution >= 0.6 is 0 Å². The monoisotopic (exact) mass is 249 g/mol. The Bertz CT molecular complexity index is 580. The number of rotatable bonds is 4. The second-order valence-electron chi connectivity index (χ2n) is 3.78. The maximum Gasteiger partial charge on any atom is 0.356 e. The SMILES string of the molecule is Cn1ncc(NCc2ccccc2F)c1C(=O)O. The van der Waals surface area contributed by atoms with Crippen LogP contribution < -0.4 is 5.32 Å². The number of aryl methyl sites for hydroxylation is 1. The number of hydrogen-bond donors (Lipinski definition) is 2. The first-order valence-corrected chi connectivity index (χ1v) is 5.32. The van der Waals surface area contributed by atoms with Crippen molar-refractivity contribution in [1.29, 1.82) is 0 Å². The van der Waals surface area contributed by atoms with Crippen molar-refractivity contribution in [2.45, 2.75) is 6.54 Å². The molecule has 0 spiro atoms. The number of hydrogen-bond acceptors (Lipinski definition) is 3. The van der Waals surface area contributed by atoms with Crippen molar-refractivity contribution in [3.8, 4) is 0 Å². The molecule has 0 amide bonds. The van der Waals surface area contributed by atoms with Crippen molar-refractivity contribution in [3.05, 3.63) is 47.5 Å². The van der Waals surface area contributed by atoms with Crippen LogP contribution in [0.1, 0.15) is 16.1 Å². The summed E-state index contributed by atoms with van der Waals surface area (Å²) in [5.74, 6) is -1.41. The molecule has 0 unspecified atom stereocenters. The van der Waals surface area contributed by atoms with Crippen molar-refractivity contribution in [3.63, 3.8) is 0 Å². The topological polar surface area (TPSA) is 67.2 Å². The van der Waals surface area contributed by atoms with Crippen LogP contribution in [-0.4, -0.2) is 20.9 Å². The van der Waals surface area contributed by atoms with Crippen LogP contribution in [0.4, 0.5) is 10.1 Å². The number of carboxylic acid groups (broad SMARTS) is 1. The minimum absolute atomic E-state index is 0.0475. The van der Waals surface area contributed by atoms with E-state index in [4.69, 9.17) is 5.11 Å². The first-order chi connectivity index (χ1) is 8.59. The van der Waals surface area contributed by atoms with E-state index in [-0.39, 0.29) is 18.1 Å². The van der Waals surface area contributed by atoms with Gasteiger partial charge in [-0.1, -0.05) is 18.2 Å². The van der Waals surface area contributed by atoms with Crippen LogP contribution in [0.5, 0.6) is 0 Å². The van der Waals surface area contributed by atoms with Crippen molar-refractivity contribution in [2.75, 3.05) is 5.32 Å². The van der Waals surface area contributed by atoms with Gasteiger partial charge >= 0.3 is 5.97 Å². The number of carbonyl (C=O) groups is 1. The molecule has 1 aromatic heterocycles. The molecule has 1 aromatic carbocycles. The maximum atomic E-state index is 13.4. The molecule has 2 aromatic rings. The molecule has 2 rings (SSSR count). The summed E-state index contributed by atoms with van der Waals surface area (Å²) in [6, 6.07) is 6.32. The predicted molar refractivity (Wildman–Crippen MR) is 63.9 cm³/mol. The minimum atomic E-state index is -1.08. The van der Waals surface area contributed by atoms with E-state index in [1.807, 2.05) is 0 Å². The Balaban J connectivity index is 2.16. The van der Waals surface area contributed by atoms with Crippen molar-refractivity contribution in [2.24, 2.45) is 7.05 Å². The van der Waals surface area contributed by atoms with Crippen LogP contribution in [-0.2, 0) is 13.6 Å². The first-order valence-electron chi connectivity index (χ1n) is 5.32. The molecule has 0 bridgehead atoms. The quantitative estimate of drug-likeness (QED) is 0.868. The fraction of sp³-hybridized carbons (Fsp3) is 0.167. The zero-order valence-corrected chi connectivity index (χ0v) is 9.72. The Labute approximate surface area is 103 Å². The highest BCUT2D eigenvalue weighted by Crippen LogP contribution is 2.16. The fourth-order valence-corrected chi connectivity index (χ4v) is 1.65. The first kappa shape index (κ1) is 12.1. The van der Waals surface area contributed by atoms with Gasteiger partial charge in [0.15, 0.2) is 5.69 Å². The largest absolute Gasteiger partial charge is 0.476 e. The molecule has 0 saturated heterocycles. The number of benzene rings is 1. The summed E-state index contributed by atoms with van der Waals surface area (Å²) in [5, 5.41) is 15.7. The number of halogens is 1. The summed E-state index contributed by atoms with van der Waals surface area (Å²) in [7, 11) is 1.54. The third kappa shape index (κ3) is 2.32. The smallest absolute Gasteiger partial charge is 0.356 e. The zero-order valence-electron chi connectivity index (χ0n) is 9.72. The number of aromatic carboxylic acids is 1. The van der Waals surface area contributed by atoms with Crippen LogP contribution in [0.2, 0.25) is 0 Å². The molecule has 1 heterocycles. The predicted octanol–water partition coefficient (Wildman–Crippen LogP) is 1.87. The van der Waals surface area contributed by atoms with Gasteiger partial charge in [-0.3, -0.25) is 4.68 Å². The van der Waals surface area contributed by atoms with E-state index in [1.54, 1.807) is 18.2 Å². The molecule has 5 nitrogen and oxygen atoms in total.